The smallest absolute Gasteiger partial charge is 0.246 e. The quantitative estimate of drug-likeness (QED) is 0.345. The van der Waals surface area contributed by atoms with Crippen LogP contribution in [-0.4, -0.2) is 59.2 Å². The van der Waals surface area contributed by atoms with Crippen LogP contribution >= 0.6 is 23.4 Å². The predicted molar refractivity (Wildman–Crippen MR) is 156 cm³/mol. The summed E-state index contributed by atoms with van der Waals surface area (Å²) in [6.07, 6.45) is 10.9. The molecule has 4 aliphatic rings. The van der Waals surface area contributed by atoms with E-state index in [2.05, 4.69) is 10.6 Å². The summed E-state index contributed by atoms with van der Waals surface area (Å²) in [5.41, 5.74) is 0.528. The van der Waals surface area contributed by atoms with Gasteiger partial charge in [0.05, 0.1) is 17.9 Å². The Balaban J connectivity index is 1.28. The Labute approximate surface area is 244 Å². The van der Waals surface area contributed by atoms with Gasteiger partial charge in [0, 0.05) is 28.2 Å². The van der Waals surface area contributed by atoms with Gasteiger partial charge in [-0.1, -0.05) is 61.2 Å². The number of amides is 3. The Morgan fingerprint density at radius 1 is 1.10 bits per heavy atom. The highest BCUT2D eigenvalue weighted by atomic mass is 35.5. The van der Waals surface area contributed by atoms with E-state index in [1.165, 1.54) is 6.42 Å². The van der Waals surface area contributed by atoms with Gasteiger partial charge in [-0.25, -0.2) is 0 Å². The van der Waals surface area contributed by atoms with Gasteiger partial charge in [0.15, 0.2) is 0 Å². The maximum absolute atomic E-state index is 14.1. The molecular weight excluding hydrogens is 546 g/mol. The highest BCUT2D eigenvalue weighted by molar-refractivity contribution is 7.98. The first kappa shape index (κ1) is 27.4. The number of nitrogens with zero attached hydrogens (tertiary/aromatic N) is 1. The van der Waals surface area contributed by atoms with Crippen LogP contribution in [0.5, 0.6) is 0 Å². The summed E-state index contributed by atoms with van der Waals surface area (Å²) < 4.78 is 6.47. The zero-order chi connectivity index (χ0) is 27.9. The molecule has 6 rings (SSSR count). The van der Waals surface area contributed by atoms with Crippen LogP contribution in [0.1, 0.15) is 37.7 Å². The van der Waals surface area contributed by atoms with E-state index in [0.29, 0.717) is 23.7 Å². The lowest BCUT2D eigenvalue weighted by Gasteiger charge is -2.34. The second kappa shape index (κ2) is 11.2. The molecule has 40 heavy (non-hydrogen) atoms. The molecule has 3 fully saturated rings. The normalized spacial score (nSPS) is 29.1. The Hall–Kier alpha value is -2.81. The van der Waals surface area contributed by atoms with Gasteiger partial charge in [-0.2, -0.15) is 0 Å². The molecule has 2 saturated heterocycles. The number of anilines is 1. The number of benzene rings is 2. The molecule has 9 heteroatoms. The van der Waals surface area contributed by atoms with Gasteiger partial charge in [-0.15, -0.1) is 11.8 Å². The molecule has 2 bridgehead atoms. The minimum Gasteiger partial charge on any atom is -0.359 e. The van der Waals surface area contributed by atoms with E-state index in [9.17, 15) is 14.4 Å². The SMILES string of the molecule is CSc1cccc(NC(=O)[C@H]2[C@@H]3C=C[C@]4(O3)[C@@H]2C(=O)N(CCc2ccc(Cl)cc2)[C@@H]4C(=O)NC2CCCCC2)c1. The van der Waals surface area contributed by atoms with Crippen LogP contribution in [0, 0.1) is 11.8 Å². The van der Waals surface area contributed by atoms with E-state index in [1.807, 2.05) is 66.9 Å². The lowest BCUT2D eigenvalue weighted by Crippen LogP contribution is -2.56. The summed E-state index contributed by atoms with van der Waals surface area (Å²) in [6.45, 7) is 0.341. The second-order valence-electron chi connectivity index (χ2n) is 11.2. The number of rotatable bonds is 8. The van der Waals surface area contributed by atoms with Crippen molar-refractivity contribution in [3.05, 3.63) is 71.3 Å². The Kier molecular flexibility index (Phi) is 7.68. The third-order valence-electron chi connectivity index (χ3n) is 8.77. The Bertz CT molecular complexity index is 1330. The van der Waals surface area contributed by atoms with E-state index >= 15 is 0 Å². The lowest BCUT2D eigenvalue weighted by molar-refractivity contribution is -0.141. The topological polar surface area (TPSA) is 87.7 Å². The maximum atomic E-state index is 14.1. The number of carbonyl (C=O) groups is 3. The zero-order valence-corrected chi connectivity index (χ0v) is 24.0. The molecule has 1 aliphatic carbocycles. The molecule has 2 N–H and O–H groups in total. The molecule has 2 aromatic carbocycles. The van der Waals surface area contributed by atoms with E-state index in [-0.39, 0.29) is 23.8 Å². The second-order valence-corrected chi connectivity index (χ2v) is 12.5. The minimum absolute atomic E-state index is 0.0929. The third-order valence-corrected chi connectivity index (χ3v) is 9.75. The van der Waals surface area contributed by atoms with E-state index in [0.717, 1.165) is 36.1 Å². The van der Waals surface area contributed by atoms with Crippen LogP contribution < -0.4 is 10.6 Å². The number of carbonyl (C=O) groups excluding carboxylic acids is 3. The molecule has 5 atom stereocenters. The number of hydrogen-bond acceptors (Lipinski definition) is 5. The molecule has 1 spiro atoms. The number of ether oxygens (including phenoxy) is 1. The van der Waals surface area contributed by atoms with E-state index in [1.54, 1.807) is 16.7 Å². The largest absolute Gasteiger partial charge is 0.359 e. The fraction of sp³-hybridized carbons (Fsp3) is 0.452. The van der Waals surface area contributed by atoms with Crippen molar-refractivity contribution >= 4 is 46.8 Å². The van der Waals surface area contributed by atoms with E-state index < -0.39 is 29.6 Å². The molecule has 3 heterocycles. The maximum Gasteiger partial charge on any atom is 0.246 e. The van der Waals surface area contributed by atoms with Crippen LogP contribution in [-0.2, 0) is 25.5 Å². The number of fused-ring (bicyclic) bond motifs is 1. The molecule has 3 amide bonds. The van der Waals surface area contributed by atoms with Gasteiger partial charge in [0.1, 0.15) is 11.6 Å². The first-order chi connectivity index (χ1) is 19.4. The summed E-state index contributed by atoms with van der Waals surface area (Å²) in [7, 11) is 0. The monoisotopic (exact) mass is 579 g/mol. The van der Waals surface area contributed by atoms with Crippen LogP contribution in [0.4, 0.5) is 5.69 Å². The minimum atomic E-state index is -1.16. The van der Waals surface area contributed by atoms with Gasteiger partial charge in [0.2, 0.25) is 17.7 Å². The van der Waals surface area contributed by atoms with Crippen LogP contribution in [0.25, 0.3) is 0 Å². The van der Waals surface area contributed by atoms with E-state index in [4.69, 9.17) is 16.3 Å². The van der Waals surface area contributed by atoms with Crippen molar-refractivity contribution < 1.29 is 19.1 Å². The highest BCUT2D eigenvalue weighted by Gasteiger charge is 2.72. The zero-order valence-electron chi connectivity index (χ0n) is 22.5. The molecule has 7 nitrogen and oxygen atoms in total. The number of halogens is 1. The molecule has 0 radical (unpaired) electrons. The van der Waals surface area contributed by atoms with Gasteiger partial charge >= 0.3 is 0 Å². The van der Waals surface area contributed by atoms with Crippen molar-refractivity contribution in [3.8, 4) is 0 Å². The van der Waals surface area contributed by atoms with Crippen molar-refractivity contribution in [2.24, 2.45) is 11.8 Å². The predicted octanol–water partition coefficient (Wildman–Crippen LogP) is 4.84. The molecular formula is C31H34ClN3O4S. The fourth-order valence-electron chi connectivity index (χ4n) is 6.86. The van der Waals surface area contributed by atoms with Crippen LogP contribution in [0.15, 0.2) is 65.6 Å². The average molecular weight is 580 g/mol. The fourth-order valence-corrected chi connectivity index (χ4v) is 7.45. The Morgan fingerprint density at radius 3 is 2.62 bits per heavy atom. The summed E-state index contributed by atoms with van der Waals surface area (Å²) in [5.74, 6) is -2.15. The van der Waals surface area contributed by atoms with Crippen molar-refractivity contribution in [1.29, 1.82) is 0 Å². The first-order valence-corrected chi connectivity index (χ1v) is 15.7. The van der Waals surface area contributed by atoms with Gasteiger partial charge in [-0.3, -0.25) is 14.4 Å². The molecule has 0 aromatic heterocycles. The van der Waals surface area contributed by atoms with Gasteiger partial charge in [0.25, 0.3) is 0 Å². The molecule has 210 valence electrons. The third kappa shape index (κ3) is 4.95. The lowest BCUT2D eigenvalue weighted by atomic mass is 9.74. The summed E-state index contributed by atoms with van der Waals surface area (Å²) in [4.78, 5) is 44.5. The number of nitrogens with one attached hydrogen (secondary N) is 2. The van der Waals surface area contributed by atoms with Crippen LogP contribution in [0.2, 0.25) is 5.02 Å². The Morgan fingerprint density at radius 2 is 1.88 bits per heavy atom. The van der Waals surface area contributed by atoms with Crippen LogP contribution in [0.3, 0.4) is 0 Å². The summed E-state index contributed by atoms with van der Waals surface area (Å²) in [6, 6.07) is 14.4. The van der Waals surface area contributed by atoms with Crippen molar-refractivity contribution in [2.45, 2.75) is 67.2 Å². The van der Waals surface area contributed by atoms with Gasteiger partial charge < -0.3 is 20.3 Å². The van der Waals surface area contributed by atoms with Crippen molar-refractivity contribution in [1.82, 2.24) is 10.2 Å². The van der Waals surface area contributed by atoms with Gasteiger partial charge in [-0.05, 0) is 61.4 Å². The molecule has 2 aromatic rings. The standard InChI is InChI=1S/C31H34ClN3O4S/c1-40-23-9-5-8-22(18-23)34-28(36)25-24-14-16-31(39-24)26(25)30(38)35(17-15-19-10-12-20(32)13-11-19)27(31)29(37)33-21-6-3-2-4-7-21/h5,8-14,16,18,21,24-27H,2-4,6-7,15,17H2,1H3,(H,33,37)(H,34,36)/t24-,25-,26-,27+,31-/m0/s1. The van der Waals surface area contributed by atoms with Crippen molar-refractivity contribution in [3.63, 3.8) is 0 Å². The highest BCUT2D eigenvalue weighted by Crippen LogP contribution is 2.55. The number of hydrogen-bond donors (Lipinski definition) is 2. The molecule has 3 aliphatic heterocycles. The first-order valence-electron chi connectivity index (χ1n) is 14.1. The molecule has 1 saturated carbocycles. The number of thioether (sulfide) groups is 1. The average Bonchev–Trinajstić information content (AvgIpc) is 3.60. The van der Waals surface area contributed by atoms with Crippen molar-refractivity contribution in [2.75, 3.05) is 18.1 Å². The molecule has 0 unspecified atom stereocenters. The number of likely N-dealkylation sites (tertiary alicyclic amines) is 1. The summed E-state index contributed by atoms with van der Waals surface area (Å²) in [5, 5.41) is 6.89. The summed E-state index contributed by atoms with van der Waals surface area (Å²) >= 11 is 7.66.